The molecule has 3 aliphatic rings. The molecule has 5 N–H and O–H groups in total. The number of hydrogen-bond donors (Lipinski definition) is 4. The van der Waals surface area contributed by atoms with Crippen molar-refractivity contribution < 1.29 is 38.4 Å². The summed E-state index contributed by atoms with van der Waals surface area (Å²) in [5, 5.41) is 7.68. The topological polar surface area (TPSA) is 203 Å². The molecular formula is C50H61N10O7S+. The van der Waals surface area contributed by atoms with Gasteiger partial charge in [0.05, 0.1) is 61.3 Å². The first kappa shape index (κ1) is 46.4. The van der Waals surface area contributed by atoms with Crippen LogP contribution in [0.2, 0.25) is 0 Å². The molecule has 17 nitrogen and oxygen atoms in total. The lowest BCUT2D eigenvalue weighted by Crippen LogP contribution is -2.51. The molecule has 0 aliphatic carbocycles. The third kappa shape index (κ3) is 8.69. The monoisotopic (exact) mass is 945 g/mol. The molecule has 4 aromatic heterocycles. The van der Waals surface area contributed by atoms with Crippen molar-refractivity contribution in [1.29, 1.82) is 0 Å². The van der Waals surface area contributed by atoms with Gasteiger partial charge in [0.15, 0.2) is 6.20 Å². The summed E-state index contributed by atoms with van der Waals surface area (Å²) in [5.41, 5.74) is 7.61. The van der Waals surface area contributed by atoms with Crippen LogP contribution in [0, 0.1) is 18.8 Å². The number of benzene rings is 2. The minimum absolute atomic E-state index is 0.129. The summed E-state index contributed by atoms with van der Waals surface area (Å²) in [6.45, 7) is 13.0. The summed E-state index contributed by atoms with van der Waals surface area (Å²) in [7, 11) is 2.59. The fourth-order valence-electron chi connectivity index (χ4n) is 10.1. The number of aromatic nitrogens is 6. The van der Waals surface area contributed by atoms with E-state index in [-0.39, 0.29) is 35.7 Å². The molecule has 6 aromatic rings. The molecule has 5 atom stereocenters. The number of carbonyl (C=O) groups is 4. The minimum Gasteiger partial charge on any atom is -0.464 e. The average molecular weight is 946 g/mol. The van der Waals surface area contributed by atoms with Crippen molar-refractivity contribution in [3.63, 3.8) is 0 Å². The van der Waals surface area contributed by atoms with Gasteiger partial charge in [-0.15, -0.1) is 0 Å². The lowest BCUT2D eigenvalue weighted by atomic mass is 9.98. The number of aromatic amines is 3. The van der Waals surface area contributed by atoms with Crippen molar-refractivity contribution in [1.82, 2.24) is 44.9 Å². The second-order valence-corrected chi connectivity index (χ2v) is 19.9. The molecule has 18 heteroatoms. The van der Waals surface area contributed by atoms with Crippen LogP contribution in [0.15, 0.2) is 55.0 Å². The van der Waals surface area contributed by atoms with E-state index < -0.39 is 30.5 Å². The van der Waals surface area contributed by atoms with Gasteiger partial charge in [-0.3, -0.25) is 14.2 Å². The zero-order valence-corrected chi connectivity index (χ0v) is 40.7. The molecule has 1 unspecified atom stereocenters. The molecule has 0 bridgehead atoms. The molecule has 0 spiro atoms. The highest BCUT2D eigenvalue weighted by atomic mass is 32.1. The van der Waals surface area contributed by atoms with E-state index in [2.05, 4.69) is 86.6 Å². The Balaban J connectivity index is 1.03. The maximum atomic E-state index is 13.9. The number of ether oxygens (including phenoxy) is 3. The first-order valence-corrected chi connectivity index (χ1v) is 24.5. The smallest absolute Gasteiger partial charge is 0.407 e. The van der Waals surface area contributed by atoms with E-state index in [0.29, 0.717) is 24.7 Å². The van der Waals surface area contributed by atoms with Crippen LogP contribution in [-0.2, 0) is 25.5 Å². The molecule has 2 fully saturated rings. The predicted octanol–water partition coefficient (Wildman–Crippen LogP) is 8.25. The number of rotatable bonds is 13. The normalized spacial score (nSPS) is 18.6. The third-order valence-corrected chi connectivity index (χ3v) is 14.6. The summed E-state index contributed by atoms with van der Waals surface area (Å²) in [5.74, 6) is 1.58. The Morgan fingerprint density at radius 1 is 0.838 bits per heavy atom. The number of methoxy groups -OCH3 is 2. The molecule has 0 radical (unpaired) electrons. The van der Waals surface area contributed by atoms with Crippen molar-refractivity contribution >= 4 is 46.2 Å². The highest BCUT2D eigenvalue weighted by molar-refractivity contribution is 7.11. The van der Waals surface area contributed by atoms with Gasteiger partial charge in [0.2, 0.25) is 23.0 Å². The van der Waals surface area contributed by atoms with Crippen LogP contribution < -0.4 is 20.4 Å². The predicted molar refractivity (Wildman–Crippen MR) is 257 cm³/mol. The van der Waals surface area contributed by atoms with E-state index in [1.165, 1.54) is 19.2 Å². The van der Waals surface area contributed by atoms with Crippen LogP contribution in [0.1, 0.15) is 112 Å². The van der Waals surface area contributed by atoms with Crippen LogP contribution in [0.3, 0.4) is 0 Å². The highest BCUT2D eigenvalue weighted by Crippen LogP contribution is 2.48. The summed E-state index contributed by atoms with van der Waals surface area (Å²) in [6, 6.07) is 10.9. The van der Waals surface area contributed by atoms with Crippen molar-refractivity contribution in [3.8, 4) is 39.5 Å². The summed E-state index contributed by atoms with van der Waals surface area (Å²) < 4.78 is 19.0. The summed E-state index contributed by atoms with van der Waals surface area (Å²) in [6.07, 6.45) is 9.11. The number of imidazole rings is 2. The Morgan fingerprint density at radius 3 is 1.99 bits per heavy atom. The average Bonchev–Trinajstić information content (AvgIpc) is 4.19. The molecular weight excluding hydrogens is 885 g/mol. The van der Waals surface area contributed by atoms with Gasteiger partial charge in [-0.2, -0.15) is 0 Å². The molecule has 358 valence electrons. The number of nitrogens with one attached hydrogen (secondary N) is 5. The molecule has 7 heterocycles. The maximum absolute atomic E-state index is 13.9. The molecule has 0 saturated carbocycles. The zero-order chi connectivity index (χ0) is 48.0. The number of thiazole rings is 1. The number of H-pyrrole nitrogens is 3. The fourth-order valence-corrected chi connectivity index (χ4v) is 11.1. The SMILES string of the molecule is CCCc1[nH+]cc(C2Oc3cc(-c4cnc([C@@H]5CCCN5C(=O)[C@@H](NC(=O)OC)C(C)C)[nH]4)cc(C)c3-c3cc4cc(-c5cnc([C@@H]6CCCN6C(=O)[C@@H](NC(=O)OC)C(C)C)[nH]5)ccc4n32)s1. The Hall–Kier alpha value is -6.69. The number of hydrogen-bond acceptors (Lipinski definition) is 10. The number of amides is 4. The van der Waals surface area contributed by atoms with Gasteiger partial charge >= 0.3 is 12.2 Å². The third-order valence-electron chi connectivity index (χ3n) is 13.5. The number of fused-ring (bicyclic) bond motifs is 5. The molecule has 4 amide bonds. The number of nitrogens with zero attached hydrogens (tertiary/aromatic N) is 5. The number of carbonyl (C=O) groups excluding carboxylic acids is 4. The van der Waals surface area contributed by atoms with E-state index >= 15 is 0 Å². The van der Waals surface area contributed by atoms with Gasteiger partial charge in [0.25, 0.3) is 0 Å². The molecule has 2 aromatic carbocycles. The Kier molecular flexibility index (Phi) is 13.1. The first-order valence-electron chi connectivity index (χ1n) is 23.7. The Bertz CT molecular complexity index is 2860. The van der Waals surface area contributed by atoms with Crippen LogP contribution in [0.4, 0.5) is 9.59 Å². The fraction of sp³-hybridized carbons (Fsp3) is 0.460. The van der Waals surface area contributed by atoms with Gasteiger partial charge in [-0.05, 0) is 86.8 Å². The summed E-state index contributed by atoms with van der Waals surface area (Å²) >= 11 is 1.72. The number of alkyl carbamates (subject to hydrolysis) is 2. The summed E-state index contributed by atoms with van der Waals surface area (Å²) in [4.78, 5) is 76.9. The van der Waals surface area contributed by atoms with Crippen LogP contribution in [0.5, 0.6) is 5.75 Å². The van der Waals surface area contributed by atoms with Gasteiger partial charge in [-0.1, -0.05) is 52.0 Å². The Morgan fingerprint density at radius 2 is 1.43 bits per heavy atom. The Labute approximate surface area is 399 Å². The minimum atomic E-state index is -0.722. The van der Waals surface area contributed by atoms with E-state index in [1.807, 2.05) is 49.9 Å². The van der Waals surface area contributed by atoms with Gasteiger partial charge in [0, 0.05) is 41.6 Å². The second kappa shape index (κ2) is 19.1. The number of aryl methyl sites for hydroxylation is 2. The van der Waals surface area contributed by atoms with E-state index in [9.17, 15) is 19.2 Å². The van der Waals surface area contributed by atoms with Gasteiger partial charge in [-0.25, -0.2) is 24.5 Å². The lowest BCUT2D eigenvalue weighted by molar-refractivity contribution is -0.383. The van der Waals surface area contributed by atoms with E-state index in [4.69, 9.17) is 24.2 Å². The van der Waals surface area contributed by atoms with E-state index in [0.717, 1.165) is 99.4 Å². The largest absolute Gasteiger partial charge is 0.464 e. The first-order chi connectivity index (χ1) is 32.8. The van der Waals surface area contributed by atoms with Gasteiger partial charge in [0.1, 0.15) is 34.4 Å². The van der Waals surface area contributed by atoms with Crippen LogP contribution in [0.25, 0.3) is 44.7 Å². The highest BCUT2D eigenvalue weighted by Gasteiger charge is 2.40. The van der Waals surface area contributed by atoms with Crippen molar-refractivity contribution in [2.45, 2.75) is 110 Å². The van der Waals surface area contributed by atoms with Gasteiger partial charge < -0.3 is 44.6 Å². The van der Waals surface area contributed by atoms with Crippen molar-refractivity contribution in [3.05, 3.63) is 82.1 Å². The quantitative estimate of drug-likeness (QED) is 0.0879. The lowest BCUT2D eigenvalue weighted by Gasteiger charge is -2.30. The maximum Gasteiger partial charge on any atom is 0.407 e. The molecule has 2 saturated heterocycles. The van der Waals surface area contributed by atoms with E-state index in [1.54, 1.807) is 11.3 Å². The number of likely N-dealkylation sites (tertiary alicyclic amines) is 2. The van der Waals surface area contributed by atoms with Crippen LogP contribution in [-0.4, -0.2) is 97.7 Å². The molecule has 68 heavy (non-hydrogen) atoms. The molecule has 9 rings (SSSR count). The van der Waals surface area contributed by atoms with Crippen molar-refractivity contribution in [2.24, 2.45) is 11.8 Å². The molecule has 3 aliphatic heterocycles. The standard InChI is InChI=1S/C50H60N10O7S/c1-9-12-40-51-25-39(68-40)48-60-34-16-15-29(32-23-52-44(54-32)35-13-10-17-58(35)46(61)42(26(2)3)56-49(63)65-7)20-31(34)21-37(60)41-28(6)19-30(22-38(41)67-48)33-24-53-45(55-33)36-14-11-18-59(36)47(62)43(27(4)5)57-50(64)66-8/h15-16,19-27,35-36,42-43,48H,9-14,17-18H2,1-8H3,(H,52,54)(H,53,55)(H,56,63)(H,57,64)/p+1/t35-,36-,42-,43-,48?/m0/s1. The van der Waals surface area contributed by atoms with Crippen molar-refractivity contribution in [2.75, 3.05) is 27.3 Å². The second-order valence-electron chi connectivity index (χ2n) is 18.7. The zero-order valence-electron chi connectivity index (χ0n) is 39.9. The van der Waals surface area contributed by atoms with Crippen LogP contribution >= 0.6 is 11.3 Å².